The van der Waals surface area contributed by atoms with Crippen LogP contribution in [0.1, 0.15) is 63.4 Å². The van der Waals surface area contributed by atoms with E-state index in [1.807, 2.05) is 4.90 Å². The molecule has 4 aromatic rings. The fourth-order valence-electron chi connectivity index (χ4n) is 10.1. The summed E-state index contributed by atoms with van der Waals surface area (Å²) in [7, 11) is 1.41. The average molecular weight is 757 g/mol. The van der Waals surface area contributed by atoms with Crippen LogP contribution in [0.2, 0.25) is 0 Å². The van der Waals surface area contributed by atoms with Gasteiger partial charge in [0, 0.05) is 54.8 Å². The number of rotatable bonds is 9. The van der Waals surface area contributed by atoms with Crippen molar-refractivity contribution in [2.75, 3.05) is 58.0 Å². The van der Waals surface area contributed by atoms with E-state index in [0.29, 0.717) is 36.8 Å². The van der Waals surface area contributed by atoms with Crippen LogP contribution in [0.25, 0.3) is 32.9 Å². The molecule has 3 atom stereocenters. The Kier molecular flexibility index (Phi) is 10.0. The quantitative estimate of drug-likeness (QED) is 0.141. The van der Waals surface area contributed by atoms with E-state index in [-0.39, 0.29) is 74.2 Å². The first-order valence-corrected chi connectivity index (χ1v) is 19.2. The lowest BCUT2D eigenvalue weighted by molar-refractivity contribution is -0.0548. The van der Waals surface area contributed by atoms with E-state index < -0.39 is 17.7 Å². The number of hydrogen-bond acceptors (Lipinski definition) is 10. The molecule has 8 rings (SSSR count). The maximum absolute atomic E-state index is 17.4. The molecule has 3 unspecified atom stereocenters. The molecule has 2 aromatic carbocycles. The molecule has 0 spiro atoms. The molecule has 12 nitrogen and oxygen atoms in total. The maximum atomic E-state index is 17.4. The van der Waals surface area contributed by atoms with Crippen LogP contribution in [0, 0.1) is 41.2 Å². The predicted octanol–water partition coefficient (Wildman–Crippen LogP) is 6.40. The Morgan fingerprint density at radius 1 is 1.11 bits per heavy atom. The number of terminal acetylenes is 1. The highest BCUT2D eigenvalue weighted by Crippen LogP contribution is 2.57. The monoisotopic (exact) mass is 756 g/mol. The summed E-state index contributed by atoms with van der Waals surface area (Å²) >= 11 is 0. The first-order valence-electron chi connectivity index (χ1n) is 19.2. The number of aromatic nitrogens is 3. The third-order valence-corrected chi connectivity index (χ3v) is 12.6. The van der Waals surface area contributed by atoms with Crippen molar-refractivity contribution < 1.29 is 38.0 Å². The Hall–Kier alpha value is -5.00. The number of aromatic hydroxyl groups is 1. The molecular formula is C41H46F2N6O6. The number of carboxylic acid groups (broad SMARTS) is 1. The highest BCUT2D eigenvalue weighted by atomic mass is 19.1. The number of fused-ring (bicyclic) bond motifs is 3. The summed E-state index contributed by atoms with van der Waals surface area (Å²) in [6, 6.07) is 5.39. The zero-order valence-electron chi connectivity index (χ0n) is 30.9. The van der Waals surface area contributed by atoms with Gasteiger partial charge in [0.1, 0.15) is 34.0 Å². The molecule has 5 heterocycles. The van der Waals surface area contributed by atoms with Crippen LogP contribution in [0.15, 0.2) is 24.3 Å². The van der Waals surface area contributed by atoms with Gasteiger partial charge in [0.15, 0.2) is 5.82 Å². The second-order valence-electron chi connectivity index (χ2n) is 15.4. The van der Waals surface area contributed by atoms with Gasteiger partial charge in [-0.2, -0.15) is 9.97 Å². The van der Waals surface area contributed by atoms with E-state index in [0.717, 1.165) is 77.5 Å². The number of phenols is 1. The third-order valence-electron chi connectivity index (χ3n) is 12.6. The van der Waals surface area contributed by atoms with Crippen LogP contribution in [0.3, 0.4) is 0 Å². The second-order valence-corrected chi connectivity index (χ2v) is 15.4. The molecule has 55 heavy (non-hydrogen) atoms. The van der Waals surface area contributed by atoms with Gasteiger partial charge >= 0.3 is 12.1 Å². The van der Waals surface area contributed by atoms with Crippen molar-refractivity contribution in [2.45, 2.75) is 63.3 Å². The molecule has 1 aliphatic carbocycles. The Bertz CT molecular complexity index is 2180. The lowest BCUT2D eigenvalue weighted by Gasteiger charge is -2.55. The number of phenolic OH excluding ortho intramolecular Hbond substituents is 1. The van der Waals surface area contributed by atoms with Gasteiger partial charge in [-0.05, 0) is 93.3 Å². The molecular weight excluding hydrogens is 710 g/mol. The lowest BCUT2D eigenvalue weighted by atomic mass is 9.60. The second kappa shape index (κ2) is 14.9. The summed E-state index contributed by atoms with van der Waals surface area (Å²) in [6.45, 7) is 4.00. The van der Waals surface area contributed by atoms with Crippen LogP contribution in [-0.4, -0.2) is 89.9 Å². The zero-order valence-corrected chi connectivity index (χ0v) is 30.9. The smallest absolute Gasteiger partial charge is 0.404 e. The van der Waals surface area contributed by atoms with E-state index in [1.54, 1.807) is 0 Å². The molecule has 4 N–H and O–H groups in total. The summed E-state index contributed by atoms with van der Waals surface area (Å²) in [5.74, 6) is 1.44. The van der Waals surface area contributed by atoms with Gasteiger partial charge in [0.05, 0.1) is 19.3 Å². The van der Waals surface area contributed by atoms with Gasteiger partial charge in [0.25, 0.3) is 0 Å². The van der Waals surface area contributed by atoms with Gasteiger partial charge in [-0.1, -0.05) is 18.4 Å². The molecule has 3 saturated heterocycles. The number of anilines is 1. The first-order chi connectivity index (χ1) is 26.7. The van der Waals surface area contributed by atoms with Crippen molar-refractivity contribution in [3.05, 3.63) is 41.5 Å². The Labute approximate surface area is 318 Å². The minimum absolute atomic E-state index is 0.00441. The SMILES string of the molecule is C#Cc1c(F)ccc2cc(O)cc(-c3nc(OC)c4c(N5CCCC(CNC(=O)O)C5)nc(OCC56CCCNC5(C5CCOCC5)CCC6)nc4c3F)c12. The molecule has 2 aromatic heterocycles. The third kappa shape index (κ3) is 6.50. The van der Waals surface area contributed by atoms with Crippen molar-refractivity contribution in [1.82, 2.24) is 25.6 Å². The number of halogens is 2. The fourth-order valence-corrected chi connectivity index (χ4v) is 10.1. The fraction of sp³-hybridized carbons (Fsp3) is 0.512. The van der Waals surface area contributed by atoms with E-state index in [1.165, 1.54) is 31.4 Å². The van der Waals surface area contributed by atoms with E-state index in [2.05, 4.69) is 21.5 Å². The maximum Gasteiger partial charge on any atom is 0.404 e. The Morgan fingerprint density at radius 3 is 2.71 bits per heavy atom. The lowest BCUT2D eigenvalue weighted by Crippen LogP contribution is -2.65. The van der Waals surface area contributed by atoms with Crippen LogP contribution in [0.5, 0.6) is 17.6 Å². The molecule has 1 amide bonds. The summed E-state index contributed by atoms with van der Waals surface area (Å²) in [5, 5.41) is 27.3. The normalized spacial score (nSPS) is 24.4. The highest BCUT2D eigenvalue weighted by Gasteiger charge is 2.59. The van der Waals surface area contributed by atoms with Crippen molar-refractivity contribution in [3.63, 3.8) is 0 Å². The minimum atomic E-state index is -1.10. The predicted molar refractivity (Wildman–Crippen MR) is 203 cm³/mol. The van der Waals surface area contributed by atoms with E-state index >= 15 is 8.78 Å². The van der Waals surface area contributed by atoms with Gasteiger partial charge in [-0.25, -0.2) is 18.6 Å². The molecule has 4 aliphatic rings. The first kappa shape index (κ1) is 36.9. The number of carbonyl (C=O) groups is 1. The molecule has 3 aliphatic heterocycles. The van der Waals surface area contributed by atoms with Crippen molar-refractivity contribution in [3.8, 4) is 41.2 Å². The van der Waals surface area contributed by atoms with Crippen LogP contribution >= 0.6 is 0 Å². The summed E-state index contributed by atoms with van der Waals surface area (Å²) in [5.41, 5.74) is -0.684. The summed E-state index contributed by atoms with van der Waals surface area (Å²) in [4.78, 5) is 27.6. The van der Waals surface area contributed by atoms with Crippen molar-refractivity contribution >= 4 is 33.6 Å². The number of pyridine rings is 1. The molecule has 4 fully saturated rings. The Balaban J connectivity index is 1.27. The molecule has 14 heteroatoms. The average Bonchev–Trinajstić information content (AvgIpc) is 3.60. The number of amides is 1. The highest BCUT2D eigenvalue weighted by molar-refractivity contribution is 6.04. The van der Waals surface area contributed by atoms with E-state index in [4.69, 9.17) is 30.6 Å². The number of nitrogens with zero attached hydrogens (tertiary/aromatic N) is 4. The van der Waals surface area contributed by atoms with Gasteiger partial charge in [-0.15, -0.1) is 6.42 Å². The number of benzene rings is 2. The van der Waals surface area contributed by atoms with Gasteiger partial charge < -0.3 is 40.0 Å². The number of methoxy groups -OCH3 is 1. The van der Waals surface area contributed by atoms with Gasteiger partial charge in [0.2, 0.25) is 5.88 Å². The minimum Gasteiger partial charge on any atom is -0.508 e. The largest absolute Gasteiger partial charge is 0.508 e. The number of piperidine rings is 2. The van der Waals surface area contributed by atoms with E-state index in [9.17, 15) is 15.0 Å². The molecule has 0 radical (unpaired) electrons. The number of hydrogen-bond donors (Lipinski definition) is 4. The number of nitrogens with one attached hydrogen (secondary N) is 2. The summed E-state index contributed by atoms with van der Waals surface area (Å²) < 4.78 is 50.7. The van der Waals surface area contributed by atoms with Crippen molar-refractivity contribution in [2.24, 2.45) is 17.3 Å². The summed E-state index contributed by atoms with van der Waals surface area (Å²) in [6.07, 6.45) is 13.2. The zero-order chi connectivity index (χ0) is 38.3. The van der Waals surface area contributed by atoms with Crippen LogP contribution in [-0.2, 0) is 4.74 Å². The topological polar surface area (TPSA) is 151 Å². The standard InChI is InChI=1S/C41H46F2N6O6/c1-3-28-30(42)9-8-25-19-27(50)20-29(31(25)28)34-33(43)35-32(37(46-34)53-2)36(49-16-4-7-24(22-49)21-44-39(51)52)48-38(47-35)55-23-40-12-5-14-41(40,45-15-6-13-40)26-10-17-54-18-11-26/h1,8-9,19-20,24,26,44-45,50H,4-7,10-18,21-23H2,2H3,(H,51,52). The van der Waals surface area contributed by atoms with Crippen molar-refractivity contribution in [1.29, 1.82) is 0 Å². The van der Waals surface area contributed by atoms with Crippen LogP contribution in [0.4, 0.5) is 19.4 Å². The van der Waals surface area contributed by atoms with Gasteiger partial charge in [-0.3, -0.25) is 0 Å². The molecule has 1 saturated carbocycles. The van der Waals surface area contributed by atoms with Crippen LogP contribution < -0.4 is 25.0 Å². The number of ether oxygens (including phenoxy) is 3. The molecule has 0 bridgehead atoms. The Morgan fingerprint density at radius 2 is 1.93 bits per heavy atom. The molecule has 290 valence electrons.